The van der Waals surface area contributed by atoms with Gasteiger partial charge in [0.05, 0.1) is 11.9 Å². The van der Waals surface area contributed by atoms with Gasteiger partial charge in [0.1, 0.15) is 5.75 Å². The molecule has 11 heteroatoms. The van der Waals surface area contributed by atoms with Crippen LogP contribution in [0.1, 0.15) is 18.4 Å². The van der Waals surface area contributed by atoms with Crippen LogP contribution in [0.2, 0.25) is 0 Å². The molecule has 6 rings (SSSR count). The van der Waals surface area contributed by atoms with Gasteiger partial charge < -0.3 is 14.2 Å². The van der Waals surface area contributed by atoms with Gasteiger partial charge in [0.25, 0.3) is 17.7 Å². The number of anilines is 1. The quantitative estimate of drug-likeness (QED) is 0.385. The number of carbonyl (C=O) groups excluding carboxylic acids is 3. The maximum Gasteiger partial charge on any atom is 0.328 e. The van der Waals surface area contributed by atoms with Crippen molar-refractivity contribution in [3.63, 3.8) is 0 Å². The van der Waals surface area contributed by atoms with Crippen LogP contribution in [0.4, 0.5) is 10.5 Å². The highest BCUT2D eigenvalue weighted by atomic mass is 16.5. The number of amides is 4. The lowest BCUT2D eigenvalue weighted by Crippen LogP contribution is -2.71. The van der Waals surface area contributed by atoms with Gasteiger partial charge in [-0.15, -0.1) is 0 Å². The second-order valence-electron chi connectivity index (χ2n) is 9.13. The molecule has 2 aromatic carbocycles. The van der Waals surface area contributed by atoms with Gasteiger partial charge in [-0.05, 0) is 56.2 Å². The number of hydrogen-bond acceptors (Lipinski definition) is 9. The van der Waals surface area contributed by atoms with E-state index in [1.165, 1.54) is 0 Å². The first-order valence-electron chi connectivity index (χ1n) is 12.0. The first-order valence-corrected chi connectivity index (χ1v) is 12.0. The van der Waals surface area contributed by atoms with Gasteiger partial charge >= 0.3 is 6.03 Å². The first kappa shape index (κ1) is 23.3. The molecular weight excluding hydrogens is 488 g/mol. The molecule has 0 radical (unpaired) electrons. The minimum absolute atomic E-state index is 0.301. The van der Waals surface area contributed by atoms with E-state index < -0.39 is 23.4 Å². The third-order valence-electron chi connectivity index (χ3n) is 6.64. The lowest BCUT2D eigenvalue weighted by molar-refractivity contribution is -0.137. The molecule has 2 fully saturated rings. The van der Waals surface area contributed by atoms with E-state index in [0.29, 0.717) is 48.4 Å². The van der Waals surface area contributed by atoms with Crippen molar-refractivity contribution in [1.82, 2.24) is 25.8 Å². The molecule has 0 atom stereocenters. The molecule has 4 heterocycles. The minimum atomic E-state index is -1.47. The summed E-state index contributed by atoms with van der Waals surface area (Å²) in [5, 5.41) is 8.49. The molecule has 2 aliphatic heterocycles. The number of hydrogen-bond donors (Lipinski definition) is 2. The van der Waals surface area contributed by atoms with E-state index in [2.05, 4.69) is 25.8 Å². The molecule has 190 valence electrons. The summed E-state index contributed by atoms with van der Waals surface area (Å²) in [7, 11) is 0. The van der Waals surface area contributed by atoms with Gasteiger partial charge in [-0.3, -0.25) is 20.2 Å². The molecule has 0 bridgehead atoms. The topological polar surface area (TPSA) is 140 Å². The molecule has 2 aromatic heterocycles. The van der Waals surface area contributed by atoms with Crippen LogP contribution in [-0.4, -0.2) is 45.1 Å². The molecule has 0 aliphatic carbocycles. The second kappa shape index (κ2) is 9.11. The first-order chi connectivity index (χ1) is 18.4. The van der Waals surface area contributed by atoms with E-state index in [-0.39, 0.29) is 0 Å². The number of aryl methyl sites for hydroxylation is 1. The van der Waals surface area contributed by atoms with Crippen LogP contribution < -0.4 is 20.3 Å². The average Bonchev–Trinajstić information content (AvgIpc) is 3.58. The fourth-order valence-electron chi connectivity index (χ4n) is 4.81. The summed E-state index contributed by atoms with van der Waals surface area (Å²) in [5.41, 5.74) is 1.84. The number of urea groups is 1. The predicted molar refractivity (Wildman–Crippen MR) is 135 cm³/mol. The molecular formula is C27H22N6O5. The summed E-state index contributed by atoms with van der Waals surface area (Å²) < 4.78 is 11.3. The van der Waals surface area contributed by atoms with E-state index >= 15 is 0 Å². The summed E-state index contributed by atoms with van der Waals surface area (Å²) in [6.07, 6.45) is 2.46. The minimum Gasteiger partial charge on any atom is -0.439 e. The Bertz CT molecular complexity index is 1530. The van der Waals surface area contributed by atoms with Gasteiger partial charge in [0.2, 0.25) is 11.7 Å². The highest BCUT2D eigenvalue weighted by Gasteiger charge is 2.57. The molecule has 1 spiro atoms. The third kappa shape index (κ3) is 4.03. The molecule has 4 amide bonds. The lowest BCUT2D eigenvalue weighted by atomic mass is 9.92. The number of barbiturate groups is 1. The Morgan fingerprint density at radius 2 is 1.76 bits per heavy atom. The number of imide groups is 2. The zero-order valence-electron chi connectivity index (χ0n) is 20.3. The van der Waals surface area contributed by atoms with Gasteiger partial charge in [-0.2, -0.15) is 4.98 Å². The highest BCUT2D eigenvalue weighted by molar-refractivity contribution is 6.24. The fraction of sp³-hybridized carbons (Fsp3) is 0.185. The molecule has 0 saturated carbocycles. The lowest BCUT2D eigenvalue weighted by Gasteiger charge is -2.38. The maximum atomic E-state index is 12.7. The Morgan fingerprint density at radius 3 is 2.47 bits per heavy atom. The number of ether oxygens (including phenoxy) is 1. The van der Waals surface area contributed by atoms with E-state index in [4.69, 9.17) is 9.26 Å². The van der Waals surface area contributed by atoms with Crippen molar-refractivity contribution < 1.29 is 23.6 Å². The number of aromatic nitrogens is 3. The third-order valence-corrected chi connectivity index (χ3v) is 6.64. The largest absolute Gasteiger partial charge is 0.439 e. The zero-order valence-corrected chi connectivity index (χ0v) is 20.3. The Labute approximate surface area is 216 Å². The predicted octanol–water partition coefficient (Wildman–Crippen LogP) is 3.60. The Morgan fingerprint density at radius 1 is 0.974 bits per heavy atom. The highest BCUT2D eigenvalue weighted by Crippen LogP contribution is 2.36. The van der Waals surface area contributed by atoms with Crippen LogP contribution in [0.15, 0.2) is 71.4 Å². The standard InChI is InChI=1S/C27H22N6O5/c1-16-4-2-5-18(14-16)22-29-23(38-32-22)17-6-9-20(10-7-17)37-21-11-8-19(15-28-21)33-13-3-12-27(33)24(34)30-26(36)31-25(27)35/h2,4-11,14-15H,3,12-13H2,1H3,(H2,30,31,34,35,36). The van der Waals surface area contributed by atoms with Gasteiger partial charge in [0.15, 0.2) is 5.54 Å². The molecule has 0 unspecified atom stereocenters. The number of pyridine rings is 1. The van der Waals surface area contributed by atoms with Crippen molar-refractivity contribution in [1.29, 1.82) is 0 Å². The van der Waals surface area contributed by atoms with Crippen LogP contribution in [0.5, 0.6) is 11.6 Å². The maximum absolute atomic E-state index is 12.7. The van der Waals surface area contributed by atoms with E-state index in [1.807, 2.05) is 43.3 Å². The van der Waals surface area contributed by atoms with E-state index in [9.17, 15) is 14.4 Å². The summed E-state index contributed by atoms with van der Waals surface area (Å²) in [6.45, 7) is 2.48. The van der Waals surface area contributed by atoms with Crippen molar-refractivity contribution in [3.05, 3.63) is 72.4 Å². The van der Waals surface area contributed by atoms with Crippen LogP contribution >= 0.6 is 0 Å². The smallest absolute Gasteiger partial charge is 0.328 e. The second-order valence-corrected chi connectivity index (χ2v) is 9.13. The van der Waals surface area contributed by atoms with Crippen LogP contribution in [0.25, 0.3) is 22.8 Å². The van der Waals surface area contributed by atoms with Gasteiger partial charge in [-0.25, -0.2) is 9.78 Å². The molecule has 11 nitrogen and oxygen atoms in total. The van der Waals surface area contributed by atoms with Crippen LogP contribution in [-0.2, 0) is 9.59 Å². The van der Waals surface area contributed by atoms with E-state index in [1.54, 1.807) is 35.4 Å². The Kier molecular flexibility index (Phi) is 5.60. The summed E-state index contributed by atoms with van der Waals surface area (Å²) in [4.78, 5) is 47.4. The number of benzene rings is 2. The summed E-state index contributed by atoms with van der Waals surface area (Å²) in [5.74, 6) is 0.542. The molecule has 4 aromatic rings. The van der Waals surface area contributed by atoms with Gasteiger partial charge in [-0.1, -0.05) is 28.9 Å². The van der Waals surface area contributed by atoms with E-state index in [0.717, 1.165) is 16.7 Å². The number of carbonyl (C=O) groups is 3. The number of nitrogens with zero attached hydrogens (tertiary/aromatic N) is 4. The number of rotatable bonds is 5. The van der Waals surface area contributed by atoms with Crippen molar-refractivity contribution in [3.8, 4) is 34.5 Å². The Balaban J connectivity index is 1.15. The van der Waals surface area contributed by atoms with Crippen molar-refractivity contribution in [2.45, 2.75) is 25.3 Å². The van der Waals surface area contributed by atoms with Crippen LogP contribution in [0.3, 0.4) is 0 Å². The zero-order chi connectivity index (χ0) is 26.3. The van der Waals surface area contributed by atoms with Crippen molar-refractivity contribution in [2.24, 2.45) is 0 Å². The van der Waals surface area contributed by atoms with Crippen LogP contribution in [0, 0.1) is 6.92 Å². The van der Waals surface area contributed by atoms with Crippen molar-refractivity contribution in [2.75, 3.05) is 11.4 Å². The van der Waals surface area contributed by atoms with Crippen molar-refractivity contribution >= 4 is 23.5 Å². The summed E-state index contributed by atoms with van der Waals surface area (Å²) in [6, 6.07) is 17.6. The molecule has 2 aliphatic rings. The number of nitrogens with one attached hydrogen (secondary N) is 2. The molecule has 38 heavy (non-hydrogen) atoms. The Hall–Kier alpha value is -5.06. The monoisotopic (exact) mass is 510 g/mol. The summed E-state index contributed by atoms with van der Waals surface area (Å²) >= 11 is 0. The fourth-order valence-corrected chi connectivity index (χ4v) is 4.81. The van der Waals surface area contributed by atoms with Gasteiger partial charge in [0, 0.05) is 23.7 Å². The normalized spacial score (nSPS) is 16.4. The SMILES string of the molecule is Cc1cccc(-c2noc(-c3ccc(Oc4ccc(N5CCCC56C(=O)NC(=O)NC6=O)cn4)cc3)n2)c1. The average molecular weight is 511 g/mol. The molecule has 2 N–H and O–H groups in total. The molecule has 2 saturated heterocycles.